The first-order valence-electron chi connectivity index (χ1n) is 4.40. The molecule has 0 fully saturated rings. The first kappa shape index (κ1) is 10.9. The summed E-state index contributed by atoms with van der Waals surface area (Å²) in [6.45, 7) is 3.28. The molecule has 0 saturated carbocycles. The smallest absolute Gasteiger partial charge is 0.123 e. The predicted molar refractivity (Wildman–Crippen MR) is 51.4 cm³/mol. The van der Waals surface area contributed by atoms with E-state index < -0.39 is 11.4 Å². The zero-order chi connectivity index (χ0) is 10.8. The highest BCUT2D eigenvalue weighted by molar-refractivity contribution is 5.53. The van der Waals surface area contributed by atoms with E-state index in [2.05, 4.69) is 0 Å². The summed E-state index contributed by atoms with van der Waals surface area (Å²) in [5.41, 5.74) is -0.0450. The molecule has 0 bridgehead atoms. The maximum atomic E-state index is 12.9. The minimum atomic E-state index is -1.28. The van der Waals surface area contributed by atoms with Crippen molar-refractivity contribution in [2.45, 2.75) is 25.9 Å². The Morgan fingerprint density at radius 1 is 1.57 bits per heavy atom. The van der Waals surface area contributed by atoms with Gasteiger partial charge in [-0.2, -0.15) is 0 Å². The van der Waals surface area contributed by atoms with Crippen molar-refractivity contribution in [3.8, 4) is 0 Å². The van der Waals surface area contributed by atoms with Crippen LogP contribution in [-0.2, 0) is 10.4 Å². The number of benzene rings is 1. The summed E-state index contributed by atoms with van der Waals surface area (Å²) in [6, 6.07) is 4.18. The summed E-state index contributed by atoms with van der Waals surface area (Å²) in [4.78, 5) is 10.3. The van der Waals surface area contributed by atoms with E-state index in [1.807, 2.05) is 0 Å². The Balaban J connectivity index is 3.16. The number of hydrogen-bond donors (Lipinski definition) is 1. The fourth-order valence-corrected chi connectivity index (χ4v) is 1.45. The minimum Gasteiger partial charge on any atom is -0.385 e. The fraction of sp³-hybridized carbons (Fsp3) is 0.364. The summed E-state index contributed by atoms with van der Waals surface area (Å²) in [7, 11) is 0. The molecule has 1 atom stereocenters. The Morgan fingerprint density at radius 2 is 2.21 bits per heavy atom. The van der Waals surface area contributed by atoms with Crippen LogP contribution in [0.25, 0.3) is 0 Å². The van der Waals surface area contributed by atoms with Crippen LogP contribution < -0.4 is 0 Å². The molecule has 14 heavy (non-hydrogen) atoms. The molecule has 0 heterocycles. The van der Waals surface area contributed by atoms with Gasteiger partial charge in [-0.15, -0.1) is 0 Å². The van der Waals surface area contributed by atoms with Crippen LogP contribution in [0.15, 0.2) is 18.2 Å². The first-order chi connectivity index (χ1) is 6.47. The zero-order valence-corrected chi connectivity index (χ0v) is 8.25. The Labute approximate surface area is 82.4 Å². The fourth-order valence-electron chi connectivity index (χ4n) is 1.45. The molecule has 0 aliphatic heterocycles. The predicted octanol–water partition coefficient (Wildman–Crippen LogP) is 1.93. The van der Waals surface area contributed by atoms with E-state index in [1.54, 1.807) is 13.0 Å². The number of rotatable bonds is 3. The van der Waals surface area contributed by atoms with Gasteiger partial charge in [0.2, 0.25) is 0 Å². The van der Waals surface area contributed by atoms with Crippen LogP contribution in [0.4, 0.5) is 4.39 Å². The average molecular weight is 196 g/mol. The van der Waals surface area contributed by atoms with E-state index in [0.29, 0.717) is 11.8 Å². The van der Waals surface area contributed by atoms with Crippen molar-refractivity contribution >= 4 is 6.29 Å². The van der Waals surface area contributed by atoms with Crippen molar-refractivity contribution in [3.05, 3.63) is 35.1 Å². The SMILES string of the molecule is Cc1ccc(F)cc1C(C)(O)CC=O. The second kappa shape index (κ2) is 3.88. The van der Waals surface area contributed by atoms with Gasteiger partial charge in [-0.25, -0.2) is 4.39 Å². The molecule has 0 radical (unpaired) electrons. The van der Waals surface area contributed by atoms with Crippen molar-refractivity contribution in [1.82, 2.24) is 0 Å². The summed E-state index contributed by atoms with van der Waals surface area (Å²) in [5.74, 6) is -0.406. The van der Waals surface area contributed by atoms with Gasteiger partial charge < -0.3 is 9.90 Å². The summed E-state index contributed by atoms with van der Waals surface area (Å²) < 4.78 is 12.9. The molecule has 0 saturated heterocycles. The van der Waals surface area contributed by atoms with Crippen LogP contribution >= 0.6 is 0 Å². The lowest BCUT2D eigenvalue weighted by atomic mass is 9.89. The van der Waals surface area contributed by atoms with Crippen LogP contribution in [-0.4, -0.2) is 11.4 Å². The molecule has 0 aliphatic carbocycles. The van der Waals surface area contributed by atoms with E-state index in [0.717, 1.165) is 5.56 Å². The molecule has 0 amide bonds. The van der Waals surface area contributed by atoms with Gasteiger partial charge in [-0.05, 0) is 37.1 Å². The third kappa shape index (κ3) is 2.17. The van der Waals surface area contributed by atoms with Crippen LogP contribution in [0.5, 0.6) is 0 Å². The lowest BCUT2D eigenvalue weighted by Gasteiger charge is -2.23. The molecule has 1 N–H and O–H groups in total. The lowest BCUT2D eigenvalue weighted by Crippen LogP contribution is -2.23. The molecule has 0 aromatic heterocycles. The Hall–Kier alpha value is -1.22. The second-order valence-corrected chi connectivity index (χ2v) is 3.60. The Kier molecular flexibility index (Phi) is 3.01. The molecule has 0 spiro atoms. The second-order valence-electron chi connectivity index (χ2n) is 3.60. The molecule has 1 aromatic carbocycles. The number of aliphatic hydroxyl groups is 1. The number of halogens is 1. The Morgan fingerprint density at radius 3 is 2.79 bits per heavy atom. The van der Waals surface area contributed by atoms with E-state index >= 15 is 0 Å². The molecule has 1 unspecified atom stereocenters. The maximum absolute atomic E-state index is 12.9. The van der Waals surface area contributed by atoms with E-state index in [-0.39, 0.29) is 6.42 Å². The van der Waals surface area contributed by atoms with Crippen LogP contribution in [0.3, 0.4) is 0 Å². The van der Waals surface area contributed by atoms with Crippen molar-refractivity contribution in [2.24, 2.45) is 0 Å². The standard InChI is InChI=1S/C11H13FO2/c1-8-3-4-9(12)7-10(8)11(2,14)5-6-13/h3-4,6-7,14H,5H2,1-2H3. The topological polar surface area (TPSA) is 37.3 Å². The minimum absolute atomic E-state index is 0.0305. The highest BCUT2D eigenvalue weighted by Gasteiger charge is 2.24. The lowest BCUT2D eigenvalue weighted by molar-refractivity contribution is -0.112. The van der Waals surface area contributed by atoms with Crippen molar-refractivity contribution in [2.75, 3.05) is 0 Å². The molecule has 1 rings (SSSR count). The number of aldehydes is 1. The summed E-state index contributed by atoms with van der Waals surface area (Å²) in [6.07, 6.45) is 0.599. The van der Waals surface area contributed by atoms with Gasteiger partial charge in [-0.3, -0.25) is 0 Å². The Bertz CT molecular complexity index is 345. The summed E-state index contributed by atoms with van der Waals surface area (Å²) >= 11 is 0. The van der Waals surface area contributed by atoms with Crippen LogP contribution in [0.1, 0.15) is 24.5 Å². The molecule has 3 heteroatoms. The average Bonchev–Trinajstić information content (AvgIpc) is 2.09. The van der Waals surface area contributed by atoms with Gasteiger partial charge in [0.15, 0.2) is 0 Å². The number of hydrogen-bond acceptors (Lipinski definition) is 2. The number of carbonyl (C=O) groups is 1. The monoisotopic (exact) mass is 196 g/mol. The van der Waals surface area contributed by atoms with E-state index in [4.69, 9.17) is 0 Å². The van der Waals surface area contributed by atoms with Crippen molar-refractivity contribution in [3.63, 3.8) is 0 Å². The molecule has 1 aromatic rings. The van der Waals surface area contributed by atoms with Gasteiger partial charge in [0.25, 0.3) is 0 Å². The summed E-state index contributed by atoms with van der Waals surface area (Å²) in [5, 5.41) is 9.89. The normalized spacial score (nSPS) is 14.9. The third-order valence-electron chi connectivity index (χ3n) is 2.26. The van der Waals surface area contributed by atoms with Crippen molar-refractivity contribution in [1.29, 1.82) is 0 Å². The quantitative estimate of drug-likeness (QED) is 0.750. The molecule has 2 nitrogen and oxygen atoms in total. The highest BCUT2D eigenvalue weighted by Crippen LogP contribution is 2.26. The number of carbonyl (C=O) groups excluding carboxylic acids is 1. The number of aryl methyl sites for hydroxylation is 1. The zero-order valence-electron chi connectivity index (χ0n) is 8.25. The third-order valence-corrected chi connectivity index (χ3v) is 2.26. The van der Waals surface area contributed by atoms with Gasteiger partial charge in [0.1, 0.15) is 12.1 Å². The van der Waals surface area contributed by atoms with Gasteiger partial charge in [0.05, 0.1) is 5.60 Å². The van der Waals surface area contributed by atoms with Gasteiger partial charge in [0, 0.05) is 6.42 Å². The maximum Gasteiger partial charge on any atom is 0.123 e. The van der Waals surface area contributed by atoms with Crippen LogP contribution in [0, 0.1) is 12.7 Å². The molecule has 0 aliphatic rings. The van der Waals surface area contributed by atoms with Crippen molar-refractivity contribution < 1.29 is 14.3 Å². The van der Waals surface area contributed by atoms with Gasteiger partial charge in [-0.1, -0.05) is 6.07 Å². The van der Waals surface area contributed by atoms with Gasteiger partial charge >= 0.3 is 0 Å². The largest absolute Gasteiger partial charge is 0.385 e. The van der Waals surface area contributed by atoms with Crippen LogP contribution in [0.2, 0.25) is 0 Å². The molecular weight excluding hydrogens is 183 g/mol. The first-order valence-corrected chi connectivity index (χ1v) is 4.40. The molecule has 76 valence electrons. The molecular formula is C11H13FO2. The van der Waals surface area contributed by atoms with E-state index in [1.165, 1.54) is 19.1 Å². The van der Waals surface area contributed by atoms with E-state index in [9.17, 15) is 14.3 Å². The highest BCUT2D eigenvalue weighted by atomic mass is 19.1.